The van der Waals surface area contributed by atoms with Gasteiger partial charge in [0.15, 0.2) is 0 Å². The highest BCUT2D eigenvalue weighted by Gasteiger charge is 2.45. The normalized spacial score (nSPS) is 24.9. The number of hydrogen-bond acceptors (Lipinski definition) is 4. The van der Waals surface area contributed by atoms with Crippen LogP contribution in [-0.2, 0) is 6.42 Å². The van der Waals surface area contributed by atoms with Crippen LogP contribution >= 0.6 is 0 Å². The van der Waals surface area contributed by atoms with Crippen molar-refractivity contribution in [2.45, 2.75) is 43.6 Å². The van der Waals surface area contributed by atoms with E-state index in [2.05, 4.69) is 22.1 Å². The van der Waals surface area contributed by atoms with Crippen molar-refractivity contribution in [1.29, 1.82) is 0 Å². The van der Waals surface area contributed by atoms with Crippen LogP contribution in [-0.4, -0.2) is 39.5 Å². The van der Waals surface area contributed by atoms with Gasteiger partial charge in [-0.15, -0.1) is 0 Å². The quantitative estimate of drug-likeness (QED) is 0.847. The molecule has 1 aromatic carbocycles. The highest BCUT2D eigenvalue weighted by atomic mass is 16.5. The van der Waals surface area contributed by atoms with Crippen LogP contribution in [0.4, 0.5) is 0 Å². The summed E-state index contributed by atoms with van der Waals surface area (Å²) in [5, 5.41) is 0. The van der Waals surface area contributed by atoms with Crippen LogP contribution < -0.4 is 4.74 Å². The molecule has 3 aliphatic rings. The number of hydrogen-bond donors (Lipinski definition) is 0. The number of ether oxygens (including phenoxy) is 1. The van der Waals surface area contributed by atoms with Gasteiger partial charge in [-0.2, -0.15) is 0 Å². The Morgan fingerprint density at radius 3 is 3.00 bits per heavy atom. The second kappa shape index (κ2) is 5.55. The molecule has 0 unspecified atom stereocenters. The lowest BCUT2D eigenvalue weighted by Gasteiger charge is -2.35. The number of carbonyl (C=O) groups is 1. The Hall–Kier alpha value is -2.43. The van der Waals surface area contributed by atoms with E-state index in [4.69, 9.17) is 4.74 Å². The van der Waals surface area contributed by atoms with Gasteiger partial charge in [-0.1, -0.05) is 18.2 Å². The van der Waals surface area contributed by atoms with Gasteiger partial charge in [0.25, 0.3) is 5.91 Å². The average Bonchev–Trinajstić information content (AvgIpc) is 3.43. The third-order valence-corrected chi connectivity index (χ3v) is 5.69. The maximum Gasteiger partial charge on any atom is 0.257 e. The molecular weight excluding hydrogens is 314 g/mol. The summed E-state index contributed by atoms with van der Waals surface area (Å²) in [6, 6.07) is 8.23. The van der Waals surface area contributed by atoms with Gasteiger partial charge in [-0.05, 0) is 37.3 Å². The first-order chi connectivity index (χ1) is 12.2. The molecule has 2 fully saturated rings. The fourth-order valence-electron chi connectivity index (χ4n) is 4.12. The van der Waals surface area contributed by atoms with Crippen LogP contribution in [0.1, 0.15) is 53.2 Å². The molecule has 128 valence electrons. The lowest BCUT2D eigenvalue weighted by Crippen LogP contribution is -2.43. The zero-order valence-corrected chi connectivity index (χ0v) is 14.1. The van der Waals surface area contributed by atoms with E-state index in [0.29, 0.717) is 18.0 Å². The molecule has 0 N–H and O–H groups in total. The summed E-state index contributed by atoms with van der Waals surface area (Å²) in [4.78, 5) is 23.5. The second-order valence-corrected chi connectivity index (χ2v) is 7.47. The van der Waals surface area contributed by atoms with Gasteiger partial charge in [0.1, 0.15) is 17.7 Å². The minimum absolute atomic E-state index is 0.0573. The fourth-order valence-corrected chi connectivity index (χ4v) is 4.12. The maximum atomic E-state index is 13.1. The molecule has 1 amide bonds. The molecule has 1 saturated carbocycles. The Balaban J connectivity index is 1.37. The largest absolute Gasteiger partial charge is 0.485 e. The molecule has 25 heavy (non-hydrogen) atoms. The zero-order valence-electron chi connectivity index (χ0n) is 14.1. The predicted octanol–water partition coefficient (Wildman–Crippen LogP) is 2.96. The molecule has 3 heterocycles. The Kier molecular flexibility index (Phi) is 3.30. The van der Waals surface area contributed by atoms with Crippen molar-refractivity contribution in [1.82, 2.24) is 14.9 Å². The SMILES string of the molecule is O=C(c1cncnc1C1CC1)N1CC[C@]2(CCc3ccccc3O2)C1. The molecule has 5 nitrogen and oxygen atoms in total. The molecule has 2 aliphatic heterocycles. The number of likely N-dealkylation sites (tertiary alicyclic amines) is 1. The summed E-state index contributed by atoms with van der Waals surface area (Å²) in [5.74, 6) is 1.47. The molecular formula is C20H21N3O2. The smallest absolute Gasteiger partial charge is 0.257 e. The molecule has 0 bridgehead atoms. The summed E-state index contributed by atoms with van der Waals surface area (Å²) in [6.07, 6.45) is 8.36. The molecule has 1 spiro atoms. The molecule has 1 atom stereocenters. The maximum absolute atomic E-state index is 13.1. The Morgan fingerprint density at radius 1 is 1.24 bits per heavy atom. The van der Waals surface area contributed by atoms with Crippen LogP contribution in [0.25, 0.3) is 0 Å². The van der Waals surface area contributed by atoms with Gasteiger partial charge >= 0.3 is 0 Å². The van der Waals surface area contributed by atoms with Crippen LogP contribution in [0, 0.1) is 0 Å². The molecule has 1 saturated heterocycles. The van der Waals surface area contributed by atoms with Gasteiger partial charge in [0.05, 0.1) is 17.8 Å². The highest BCUT2D eigenvalue weighted by Crippen LogP contribution is 2.42. The molecule has 2 aromatic rings. The number of para-hydroxylation sites is 1. The second-order valence-electron chi connectivity index (χ2n) is 7.47. The first-order valence-corrected chi connectivity index (χ1v) is 9.10. The number of benzene rings is 1. The van der Waals surface area contributed by atoms with Crippen molar-refractivity contribution in [3.8, 4) is 5.75 Å². The van der Waals surface area contributed by atoms with Gasteiger partial charge in [-0.25, -0.2) is 9.97 Å². The Bertz CT molecular complexity index is 833. The van der Waals surface area contributed by atoms with Crippen molar-refractivity contribution >= 4 is 5.91 Å². The van der Waals surface area contributed by atoms with Crippen molar-refractivity contribution in [3.05, 3.63) is 53.6 Å². The number of rotatable bonds is 2. The van der Waals surface area contributed by atoms with E-state index in [1.54, 1.807) is 12.5 Å². The summed E-state index contributed by atoms with van der Waals surface area (Å²) >= 11 is 0. The monoisotopic (exact) mass is 335 g/mol. The van der Waals surface area contributed by atoms with Crippen molar-refractivity contribution in [2.75, 3.05) is 13.1 Å². The lowest BCUT2D eigenvalue weighted by molar-refractivity contribution is 0.0484. The van der Waals surface area contributed by atoms with Gasteiger partial charge in [0, 0.05) is 25.1 Å². The predicted molar refractivity (Wildman–Crippen MR) is 92.6 cm³/mol. The standard InChI is InChI=1S/C20H21N3O2/c24-19(16-11-21-13-22-18(16)15-5-6-15)23-10-9-20(12-23)8-7-14-3-1-2-4-17(14)25-20/h1-4,11,13,15H,5-10,12H2/t20-/m1/s1. The van der Waals surface area contributed by atoms with Crippen LogP contribution in [0.15, 0.2) is 36.8 Å². The first kappa shape index (κ1) is 14.9. The van der Waals surface area contributed by atoms with E-state index in [9.17, 15) is 4.79 Å². The van der Waals surface area contributed by atoms with Crippen molar-refractivity contribution in [2.24, 2.45) is 0 Å². The molecule has 5 heteroatoms. The minimum Gasteiger partial charge on any atom is -0.485 e. The number of fused-ring (bicyclic) bond motifs is 1. The molecule has 1 aliphatic carbocycles. The average molecular weight is 335 g/mol. The van der Waals surface area contributed by atoms with E-state index in [0.717, 1.165) is 50.1 Å². The van der Waals surface area contributed by atoms with E-state index >= 15 is 0 Å². The van der Waals surface area contributed by atoms with Gasteiger partial charge < -0.3 is 9.64 Å². The minimum atomic E-state index is -0.237. The summed E-state index contributed by atoms with van der Waals surface area (Å²) in [7, 11) is 0. The van der Waals surface area contributed by atoms with E-state index in [1.165, 1.54) is 5.56 Å². The lowest BCUT2D eigenvalue weighted by atomic mass is 9.90. The topological polar surface area (TPSA) is 55.3 Å². The first-order valence-electron chi connectivity index (χ1n) is 9.10. The summed E-state index contributed by atoms with van der Waals surface area (Å²) in [6.45, 7) is 1.39. The van der Waals surface area contributed by atoms with Gasteiger partial charge in [-0.3, -0.25) is 4.79 Å². The van der Waals surface area contributed by atoms with E-state index in [-0.39, 0.29) is 11.5 Å². The molecule has 1 aromatic heterocycles. The third kappa shape index (κ3) is 2.58. The summed E-state index contributed by atoms with van der Waals surface area (Å²) < 4.78 is 6.36. The van der Waals surface area contributed by atoms with Crippen LogP contribution in [0.2, 0.25) is 0 Å². The number of aryl methyl sites for hydroxylation is 1. The highest BCUT2D eigenvalue weighted by molar-refractivity contribution is 5.95. The Labute approximate surface area is 147 Å². The third-order valence-electron chi connectivity index (χ3n) is 5.69. The number of carbonyl (C=O) groups excluding carboxylic acids is 1. The zero-order chi connectivity index (χ0) is 16.9. The van der Waals surface area contributed by atoms with Crippen LogP contribution in [0.3, 0.4) is 0 Å². The molecule has 0 radical (unpaired) electrons. The number of aromatic nitrogens is 2. The van der Waals surface area contributed by atoms with Crippen LogP contribution in [0.5, 0.6) is 5.75 Å². The van der Waals surface area contributed by atoms with E-state index < -0.39 is 0 Å². The number of amides is 1. The van der Waals surface area contributed by atoms with E-state index in [1.807, 2.05) is 17.0 Å². The van der Waals surface area contributed by atoms with Gasteiger partial charge in [0.2, 0.25) is 0 Å². The fraction of sp³-hybridized carbons (Fsp3) is 0.450. The number of nitrogens with zero attached hydrogens (tertiary/aromatic N) is 3. The van der Waals surface area contributed by atoms with Crippen molar-refractivity contribution in [3.63, 3.8) is 0 Å². The molecule has 5 rings (SSSR count). The van der Waals surface area contributed by atoms with Crippen molar-refractivity contribution < 1.29 is 9.53 Å². The summed E-state index contributed by atoms with van der Waals surface area (Å²) in [5.41, 5.74) is 2.64. The Morgan fingerprint density at radius 2 is 2.12 bits per heavy atom.